The summed E-state index contributed by atoms with van der Waals surface area (Å²) in [7, 11) is 24.1. The van der Waals surface area contributed by atoms with E-state index >= 15 is 0 Å². The van der Waals surface area contributed by atoms with E-state index in [-0.39, 0.29) is 76.2 Å². The highest BCUT2D eigenvalue weighted by molar-refractivity contribution is 6.64. The Hall–Kier alpha value is -5.63. The van der Waals surface area contributed by atoms with Crippen molar-refractivity contribution in [1.29, 1.82) is 0 Å². The molecule has 0 radical (unpaired) electrons. The fraction of sp³-hybridized carbons (Fsp3) is 0.759. The molecular formula is C87H140Cl2N12O11. The van der Waals surface area contributed by atoms with Crippen LogP contribution in [0, 0.1) is 23.7 Å². The smallest absolute Gasteiger partial charge is 0.410 e. The zero-order valence-electron chi connectivity index (χ0n) is 70.5. The molecule has 2 aromatic carbocycles. The maximum absolute atomic E-state index is 13.3. The van der Waals surface area contributed by atoms with E-state index in [1.54, 1.807) is 0 Å². The van der Waals surface area contributed by atoms with Gasteiger partial charge in [0, 0.05) is 96.4 Å². The van der Waals surface area contributed by atoms with Crippen molar-refractivity contribution in [2.75, 3.05) is 97.8 Å². The predicted octanol–water partition coefficient (Wildman–Crippen LogP) is 14.8. The Balaban J connectivity index is 0.000000181. The van der Waals surface area contributed by atoms with Crippen LogP contribution in [0.3, 0.4) is 0 Å². The van der Waals surface area contributed by atoms with Crippen molar-refractivity contribution in [1.82, 2.24) is 55.0 Å². The maximum Gasteiger partial charge on any atom is 0.410 e. The highest BCUT2D eigenvalue weighted by Crippen LogP contribution is 2.53. The second-order valence-corrected chi connectivity index (χ2v) is 36.7. The van der Waals surface area contributed by atoms with Crippen molar-refractivity contribution >= 4 is 53.3 Å². The molecule has 10 aliphatic rings. The van der Waals surface area contributed by atoms with Gasteiger partial charge in [-0.25, -0.2) is 4.79 Å². The van der Waals surface area contributed by atoms with Crippen molar-refractivity contribution in [3.05, 3.63) is 95.2 Å². The topological polar surface area (TPSA) is 269 Å². The Morgan fingerprint density at radius 2 is 0.866 bits per heavy atom. The van der Waals surface area contributed by atoms with Gasteiger partial charge in [-0.2, -0.15) is 9.97 Å². The number of benzene rings is 2. The molecule has 112 heavy (non-hydrogen) atoms. The molecular weight excluding hydrogens is 1460 g/mol. The van der Waals surface area contributed by atoms with Crippen molar-refractivity contribution in [3.63, 3.8) is 0 Å². The zero-order valence-corrected chi connectivity index (χ0v) is 72.1. The van der Waals surface area contributed by atoms with Crippen LogP contribution in [-0.2, 0) is 44.2 Å². The average molecular weight is 1600 g/mol. The number of carbonyl (C=O) groups excluding carboxylic acids is 4. The molecule has 10 saturated carbocycles. The normalized spacial score (nSPS) is 29.4. The lowest BCUT2D eigenvalue weighted by Gasteiger charge is -2.31. The zero-order chi connectivity index (χ0) is 80.3. The number of nitrogens with zero attached hydrogens (tertiary/aromatic N) is 10. The molecule has 4 aromatic rings. The summed E-state index contributed by atoms with van der Waals surface area (Å²) in [6.45, 7) is 7.34. The van der Waals surface area contributed by atoms with E-state index in [9.17, 15) is 24.0 Å². The van der Waals surface area contributed by atoms with Gasteiger partial charge >= 0.3 is 24.0 Å². The van der Waals surface area contributed by atoms with E-state index in [1.165, 1.54) is 57.5 Å². The lowest BCUT2D eigenvalue weighted by Crippen LogP contribution is -2.43. The third-order valence-electron chi connectivity index (χ3n) is 26.1. The first-order valence-electron chi connectivity index (χ1n) is 42.1. The molecule has 25 heteroatoms. The summed E-state index contributed by atoms with van der Waals surface area (Å²) in [5.41, 5.74) is 7.79. The second kappa shape index (κ2) is 43.0. The number of ether oxygens (including phenoxy) is 3. The quantitative estimate of drug-likeness (QED) is 0.0397. The lowest BCUT2D eigenvalue weighted by molar-refractivity contribution is -0.147. The molecule has 0 spiro atoms. The summed E-state index contributed by atoms with van der Waals surface area (Å²) < 4.78 is 26.8. The van der Waals surface area contributed by atoms with Gasteiger partial charge in [0.15, 0.2) is 11.6 Å². The Morgan fingerprint density at radius 1 is 0.509 bits per heavy atom. The minimum atomic E-state index is -0.618. The molecule has 0 unspecified atom stereocenters. The molecule has 10 aliphatic carbocycles. The van der Waals surface area contributed by atoms with Crippen LogP contribution in [0.15, 0.2) is 69.7 Å². The van der Waals surface area contributed by atoms with Crippen LogP contribution >= 0.6 is 24.0 Å². The fourth-order valence-corrected chi connectivity index (χ4v) is 17.9. The van der Waals surface area contributed by atoms with Crippen LogP contribution in [-0.4, -0.2) is 236 Å². The van der Waals surface area contributed by atoms with E-state index in [0.717, 1.165) is 190 Å². The summed E-state index contributed by atoms with van der Waals surface area (Å²) in [6, 6.07) is 25.6. The van der Waals surface area contributed by atoms with E-state index in [0.29, 0.717) is 72.5 Å². The van der Waals surface area contributed by atoms with Crippen molar-refractivity contribution in [3.8, 4) is 0 Å². The number of amides is 1. The van der Waals surface area contributed by atoms with Crippen molar-refractivity contribution in [2.24, 2.45) is 29.4 Å². The number of hydrogen-bond donors (Lipinski definition) is 3. The largest absolute Gasteiger partial charge is 0.481 e. The standard InChI is InChI=1S/C28H40N4O3.C23H32N4O.C10H19NO2.C9H16ClNO.C9H17NO2.C8H15NO2.ClH/c1-27(2,3)34-26(33)32(23-17-22(23)19-9-7-6-8-10-19)18-28(15-16-28)25-29-24(35-30-25)20-11-13-21(14-12-20)31(4)5;1-27(2)18-10-8-17(9-11-18)21-25-22(26-28-21)23(12-13-23)15-24-20-14-19(20)16-6-4-3-5-7-16;1-11(2)9-6-4-8(5-7-9)10(12)13-3;1-11(2)8-5-3-7(4-6-8)9(10)12;1-10(2)8-5-3-7(4-6-8)9(11)12;1-11-8(10)6-2-4-7(9)5-3-6;/h6-10,20-23H,11-18H2,1-5H3;3-7,17-20,24H,8-15H2,1-2H3;8-9H,4-7H2,1-3H3;7-8H,3-6H2,1-2H3;7-8H,3-6H2,1-2H3,(H,11,12);6-7H,2-5,9H2,1H3;1H/t20?,21?,22-,23+;17?,18?,19-,20+;;;;;/m00...../s1. The molecule has 23 nitrogen and oxygen atoms in total. The number of methoxy groups -OCH3 is 2. The number of esters is 2. The minimum absolute atomic E-state index is 0. The summed E-state index contributed by atoms with van der Waals surface area (Å²) in [5, 5.41) is 21.3. The van der Waals surface area contributed by atoms with Gasteiger partial charge in [-0.15, -0.1) is 12.4 Å². The van der Waals surface area contributed by atoms with E-state index in [2.05, 4.69) is 170 Å². The van der Waals surface area contributed by atoms with E-state index in [1.807, 2.05) is 31.7 Å². The molecule has 2 heterocycles. The van der Waals surface area contributed by atoms with Gasteiger partial charge < -0.3 is 68.8 Å². The Kier molecular flexibility index (Phi) is 35.3. The van der Waals surface area contributed by atoms with E-state index < -0.39 is 11.6 Å². The third kappa shape index (κ3) is 27.2. The highest BCUT2D eigenvalue weighted by atomic mass is 35.5. The van der Waals surface area contributed by atoms with Gasteiger partial charge in [-0.05, 0) is 307 Å². The van der Waals surface area contributed by atoms with Crippen LogP contribution < -0.4 is 11.1 Å². The van der Waals surface area contributed by atoms with Gasteiger partial charge in [0.1, 0.15) is 5.60 Å². The predicted molar refractivity (Wildman–Crippen MR) is 442 cm³/mol. The SMILES string of the molecule is CN(C)C1CCC(C(=O)Cl)CC1.CN(C)C1CCC(C(=O)O)CC1.CN(C)C1CCC(c2nc(C3(CN(C(=O)OC(C)(C)C)[C@@H]4C[C@H]4c4ccccc4)CC3)no2)CC1.CN(C)C1CCC(c2nc(C3(CN[C@@H]4C[C@H]4c4ccccc4)CC3)no2)CC1.COC(=O)C1CCC(N(C)C)CC1.COC(=O)C1CCC(N)CC1.Cl. The van der Waals surface area contributed by atoms with Crippen LogP contribution in [0.5, 0.6) is 0 Å². The number of aromatic nitrogens is 4. The van der Waals surface area contributed by atoms with Crippen molar-refractivity contribution in [2.45, 2.75) is 302 Å². The Labute approximate surface area is 681 Å². The van der Waals surface area contributed by atoms with Crippen molar-refractivity contribution < 1.29 is 52.3 Å². The van der Waals surface area contributed by atoms with Gasteiger partial charge in [0.2, 0.25) is 17.0 Å². The number of halogens is 2. The van der Waals surface area contributed by atoms with Crippen LogP contribution in [0.2, 0.25) is 0 Å². The molecule has 4 atom stereocenters. The molecule has 1 amide bonds. The number of carboxylic acid groups (broad SMARTS) is 1. The second-order valence-electron chi connectivity index (χ2n) is 36.3. The Bertz CT molecular complexity index is 3430. The van der Waals surface area contributed by atoms with Crippen LogP contribution in [0.4, 0.5) is 4.79 Å². The average Bonchev–Trinajstić information content (AvgIpc) is 1.57. The summed E-state index contributed by atoms with van der Waals surface area (Å²) in [4.78, 5) is 80.1. The van der Waals surface area contributed by atoms with Gasteiger partial charge in [0.25, 0.3) is 0 Å². The first-order valence-corrected chi connectivity index (χ1v) is 42.4. The van der Waals surface area contributed by atoms with Crippen LogP contribution in [0.1, 0.15) is 272 Å². The molecule has 0 bridgehead atoms. The molecule has 0 aliphatic heterocycles. The third-order valence-corrected chi connectivity index (χ3v) is 26.4. The summed E-state index contributed by atoms with van der Waals surface area (Å²) in [6.07, 6.45) is 31.3. The molecule has 4 N–H and O–H groups in total. The van der Waals surface area contributed by atoms with Gasteiger partial charge in [0.05, 0.1) is 37.4 Å². The molecule has 2 aromatic heterocycles. The number of nitrogens with two attached hydrogens (primary N) is 1. The lowest BCUT2D eigenvalue weighted by atomic mass is 9.85. The fourth-order valence-electron chi connectivity index (χ4n) is 17.7. The number of aliphatic carboxylic acids is 1. The number of rotatable bonds is 21. The first-order chi connectivity index (χ1) is 52.9. The molecule has 10 fully saturated rings. The monoisotopic (exact) mass is 1600 g/mol. The summed E-state index contributed by atoms with van der Waals surface area (Å²) >= 11 is 5.43. The molecule has 14 rings (SSSR count). The number of hydrogen-bond acceptors (Lipinski definition) is 21. The molecule has 0 saturated heterocycles. The minimum Gasteiger partial charge on any atom is -0.481 e. The van der Waals surface area contributed by atoms with Gasteiger partial charge in [-0.1, -0.05) is 71.0 Å². The highest BCUT2D eigenvalue weighted by Gasteiger charge is 2.56. The van der Waals surface area contributed by atoms with Gasteiger partial charge in [-0.3, -0.25) is 19.2 Å². The first kappa shape index (κ1) is 91.9. The number of carboxylic acids is 1. The number of carbonyl (C=O) groups is 5. The Morgan fingerprint density at radius 3 is 1.22 bits per heavy atom. The number of nitrogens with one attached hydrogen (secondary N) is 1. The maximum atomic E-state index is 13.3. The summed E-state index contributed by atoms with van der Waals surface area (Å²) in [5.74, 6) is 4.79. The van der Waals surface area contributed by atoms with Crippen LogP contribution in [0.25, 0.3) is 0 Å². The van der Waals surface area contributed by atoms with E-state index in [4.69, 9.17) is 50.9 Å². The molecule has 628 valence electrons.